The molecule has 0 saturated carbocycles. The van der Waals surface area contributed by atoms with Crippen molar-refractivity contribution in [3.8, 4) is 0 Å². The third-order valence-corrected chi connectivity index (χ3v) is 6.10. The highest BCUT2D eigenvalue weighted by Gasteiger charge is 2.28. The van der Waals surface area contributed by atoms with Gasteiger partial charge in [0.15, 0.2) is 0 Å². The van der Waals surface area contributed by atoms with Crippen molar-refractivity contribution in [3.63, 3.8) is 0 Å². The highest BCUT2D eigenvalue weighted by molar-refractivity contribution is 7.88. The van der Waals surface area contributed by atoms with Crippen molar-refractivity contribution >= 4 is 21.6 Å². The number of hydrogen-bond donors (Lipinski definition) is 1. The fraction of sp³-hybridized carbons (Fsp3) is 0.846. The zero-order valence-electron chi connectivity index (χ0n) is 12.8. The molecule has 1 fully saturated rings. The van der Waals surface area contributed by atoms with Crippen molar-refractivity contribution in [3.05, 3.63) is 10.6 Å². The molecule has 0 spiro atoms. The minimum absolute atomic E-state index is 0.105. The van der Waals surface area contributed by atoms with Gasteiger partial charge in [-0.25, -0.2) is 12.7 Å². The Balaban J connectivity index is 2.02. The van der Waals surface area contributed by atoms with Crippen molar-refractivity contribution in [1.82, 2.24) is 13.9 Å². The first-order chi connectivity index (χ1) is 9.79. The molecule has 1 saturated heterocycles. The Morgan fingerprint density at radius 2 is 2.19 bits per heavy atom. The van der Waals surface area contributed by atoms with E-state index in [-0.39, 0.29) is 6.04 Å². The van der Waals surface area contributed by atoms with Crippen molar-refractivity contribution in [2.45, 2.75) is 45.1 Å². The average molecular weight is 332 g/mol. The van der Waals surface area contributed by atoms with E-state index in [1.165, 1.54) is 17.8 Å². The van der Waals surface area contributed by atoms with E-state index in [0.717, 1.165) is 29.8 Å². The summed E-state index contributed by atoms with van der Waals surface area (Å²) in [5.74, 6) is 0.620. The Labute approximate surface area is 130 Å². The zero-order chi connectivity index (χ0) is 15.6. The van der Waals surface area contributed by atoms with Gasteiger partial charge in [0.1, 0.15) is 0 Å². The van der Waals surface area contributed by atoms with Gasteiger partial charge in [0, 0.05) is 19.1 Å². The molecule has 0 radical (unpaired) electrons. The van der Waals surface area contributed by atoms with Crippen LogP contribution in [-0.4, -0.2) is 41.7 Å². The summed E-state index contributed by atoms with van der Waals surface area (Å²) in [5.41, 5.74) is 7.30. The molecular formula is C13H24N4O2S2. The number of aromatic nitrogens is 2. The molecule has 0 aromatic carbocycles. The lowest BCUT2D eigenvalue weighted by Crippen LogP contribution is -2.40. The summed E-state index contributed by atoms with van der Waals surface area (Å²) in [4.78, 5) is 1.04. The van der Waals surface area contributed by atoms with Crippen LogP contribution in [0.1, 0.15) is 55.6 Å². The lowest BCUT2D eigenvalue weighted by atomic mass is 9.91. The molecule has 0 amide bonds. The summed E-state index contributed by atoms with van der Waals surface area (Å²) < 4.78 is 28.9. The van der Waals surface area contributed by atoms with Crippen LogP contribution in [0.4, 0.5) is 0 Å². The molecule has 2 atom stereocenters. The Bertz CT molecular complexity index is 570. The van der Waals surface area contributed by atoms with E-state index in [2.05, 4.69) is 23.4 Å². The summed E-state index contributed by atoms with van der Waals surface area (Å²) in [6.45, 7) is 5.37. The second-order valence-electron chi connectivity index (χ2n) is 6.15. The van der Waals surface area contributed by atoms with Crippen LogP contribution in [0.15, 0.2) is 0 Å². The molecule has 0 aliphatic carbocycles. The maximum Gasteiger partial charge on any atom is 0.211 e. The molecule has 2 heterocycles. The van der Waals surface area contributed by atoms with Crippen LogP contribution in [0.25, 0.3) is 0 Å². The van der Waals surface area contributed by atoms with Crippen LogP contribution < -0.4 is 5.73 Å². The molecule has 21 heavy (non-hydrogen) atoms. The molecule has 2 N–H and O–H groups in total. The molecule has 0 bridgehead atoms. The highest BCUT2D eigenvalue weighted by atomic mass is 32.2. The molecule has 2 rings (SSSR count). The largest absolute Gasteiger partial charge is 0.323 e. The van der Waals surface area contributed by atoms with Crippen LogP contribution in [0.2, 0.25) is 0 Å². The van der Waals surface area contributed by atoms with Gasteiger partial charge in [0.05, 0.1) is 16.8 Å². The minimum Gasteiger partial charge on any atom is -0.323 e. The van der Waals surface area contributed by atoms with E-state index in [0.29, 0.717) is 24.9 Å². The lowest BCUT2D eigenvalue weighted by Gasteiger charge is -2.32. The van der Waals surface area contributed by atoms with Crippen LogP contribution >= 0.6 is 11.5 Å². The van der Waals surface area contributed by atoms with Gasteiger partial charge in [-0.2, -0.15) is 0 Å². The second kappa shape index (κ2) is 6.68. The molecule has 6 nitrogen and oxygen atoms in total. The smallest absolute Gasteiger partial charge is 0.211 e. The summed E-state index contributed by atoms with van der Waals surface area (Å²) in [5, 5.41) is 4.17. The van der Waals surface area contributed by atoms with Gasteiger partial charge in [-0.05, 0) is 42.6 Å². The van der Waals surface area contributed by atoms with Gasteiger partial charge in [-0.3, -0.25) is 0 Å². The van der Waals surface area contributed by atoms with E-state index >= 15 is 0 Å². The molecule has 8 heteroatoms. The second-order valence-corrected chi connectivity index (χ2v) is 8.92. The Morgan fingerprint density at radius 1 is 1.48 bits per heavy atom. The Morgan fingerprint density at radius 3 is 2.81 bits per heavy atom. The predicted molar refractivity (Wildman–Crippen MR) is 84.7 cm³/mol. The van der Waals surface area contributed by atoms with Gasteiger partial charge >= 0.3 is 0 Å². The summed E-state index contributed by atoms with van der Waals surface area (Å²) in [7, 11) is -3.10. The molecule has 120 valence electrons. The number of piperidine rings is 1. The predicted octanol–water partition coefficient (Wildman–Crippen LogP) is 1.72. The van der Waals surface area contributed by atoms with E-state index in [1.807, 2.05) is 0 Å². The zero-order valence-corrected chi connectivity index (χ0v) is 14.5. The fourth-order valence-corrected chi connectivity index (χ4v) is 4.61. The molecule has 1 aromatic rings. The summed E-state index contributed by atoms with van der Waals surface area (Å²) in [6.07, 6.45) is 4.00. The lowest BCUT2D eigenvalue weighted by molar-refractivity contribution is 0.247. The number of sulfonamides is 1. The summed E-state index contributed by atoms with van der Waals surface area (Å²) >= 11 is 1.36. The monoisotopic (exact) mass is 332 g/mol. The van der Waals surface area contributed by atoms with Gasteiger partial charge in [0.2, 0.25) is 10.0 Å². The molecule has 2 unspecified atom stereocenters. The van der Waals surface area contributed by atoms with Gasteiger partial charge in [-0.15, -0.1) is 5.10 Å². The molecular weight excluding hydrogens is 308 g/mol. The maximum absolute atomic E-state index is 11.7. The third-order valence-electron chi connectivity index (χ3n) is 3.96. The Hall–Kier alpha value is -0.570. The van der Waals surface area contributed by atoms with E-state index in [4.69, 9.17) is 5.73 Å². The normalized spacial score (nSPS) is 22.6. The molecule has 1 aliphatic rings. The van der Waals surface area contributed by atoms with Crippen LogP contribution in [0.5, 0.6) is 0 Å². The molecule has 1 aromatic heterocycles. The maximum atomic E-state index is 11.7. The van der Waals surface area contributed by atoms with E-state index in [1.54, 1.807) is 4.31 Å². The van der Waals surface area contributed by atoms with Crippen molar-refractivity contribution < 1.29 is 8.42 Å². The van der Waals surface area contributed by atoms with Gasteiger partial charge < -0.3 is 5.73 Å². The first kappa shape index (κ1) is 16.8. The quantitative estimate of drug-likeness (QED) is 0.887. The number of hydrogen-bond acceptors (Lipinski definition) is 6. The average Bonchev–Trinajstić information content (AvgIpc) is 2.87. The number of nitrogens with two attached hydrogens (primary N) is 1. The summed E-state index contributed by atoms with van der Waals surface area (Å²) in [6, 6.07) is -0.105. The van der Waals surface area contributed by atoms with Crippen LogP contribution in [0, 0.1) is 5.92 Å². The highest BCUT2D eigenvalue weighted by Crippen LogP contribution is 2.31. The standard InChI is InChI=1S/C13H24N4O2S2/c1-9(2)12-13(20-16-15-12)11(14)7-10-5-4-6-17(8-10)21(3,18)19/h9-11H,4-8,14H2,1-3H3. The number of nitrogens with zero attached hydrogens (tertiary/aromatic N) is 3. The van der Waals surface area contributed by atoms with E-state index < -0.39 is 10.0 Å². The fourth-order valence-electron chi connectivity index (χ4n) is 2.85. The first-order valence-corrected chi connectivity index (χ1v) is 9.94. The number of rotatable bonds is 5. The van der Waals surface area contributed by atoms with Crippen molar-refractivity contribution in [2.75, 3.05) is 19.3 Å². The van der Waals surface area contributed by atoms with Gasteiger partial charge in [0.25, 0.3) is 0 Å². The van der Waals surface area contributed by atoms with Crippen LogP contribution in [-0.2, 0) is 10.0 Å². The third kappa shape index (κ3) is 4.21. The van der Waals surface area contributed by atoms with Gasteiger partial charge in [-0.1, -0.05) is 18.3 Å². The van der Waals surface area contributed by atoms with Crippen LogP contribution in [0.3, 0.4) is 0 Å². The van der Waals surface area contributed by atoms with Crippen molar-refractivity contribution in [2.24, 2.45) is 11.7 Å². The van der Waals surface area contributed by atoms with E-state index in [9.17, 15) is 8.42 Å². The first-order valence-electron chi connectivity index (χ1n) is 7.32. The Kier molecular flexibility index (Phi) is 5.34. The topological polar surface area (TPSA) is 89.2 Å². The SMILES string of the molecule is CC(C)c1nnsc1C(N)CC1CCCN(S(C)(=O)=O)C1. The van der Waals surface area contributed by atoms with Crippen molar-refractivity contribution in [1.29, 1.82) is 0 Å². The molecule has 1 aliphatic heterocycles. The minimum atomic E-state index is -3.10.